The minimum absolute atomic E-state index is 0.00514. The van der Waals surface area contributed by atoms with E-state index < -0.39 is 20.6 Å². The maximum Gasteiger partial charge on any atom is 0.180 e. The highest BCUT2D eigenvalue weighted by atomic mass is 127. The lowest BCUT2D eigenvalue weighted by atomic mass is 9.65. The first-order valence-corrected chi connectivity index (χ1v) is 25.2. The van der Waals surface area contributed by atoms with Crippen LogP contribution >= 0.6 is 78.2 Å². The second-order valence-electron chi connectivity index (χ2n) is 15.4. The van der Waals surface area contributed by atoms with Crippen molar-refractivity contribution in [1.82, 2.24) is 0 Å². The van der Waals surface area contributed by atoms with Gasteiger partial charge in [-0.2, -0.15) is 0 Å². The molecule has 0 aromatic heterocycles. The second kappa shape index (κ2) is 17.4. The number of halogens is 4. The Labute approximate surface area is 314 Å². The van der Waals surface area contributed by atoms with Gasteiger partial charge in [0.15, 0.2) is 14.0 Å². The molecular formula is C35H54B2Cl2I2O2P2. The van der Waals surface area contributed by atoms with E-state index in [1.54, 1.807) is 0 Å². The van der Waals surface area contributed by atoms with Crippen LogP contribution in [0, 0.1) is 5.41 Å². The molecule has 10 heteroatoms. The zero-order valence-electron chi connectivity index (χ0n) is 28.6. The Morgan fingerprint density at radius 1 is 0.756 bits per heavy atom. The summed E-state index contributed by atoms with van der Waals surface area (Å²) in [6.45, 7) is 24.3. The summed E-state index contributed by atoms with van der Waals surface area (Å²) in [5.74, 6) is 0. The van der Waals surface area contributed by atoms with Gasteiger partial charge in [0, 0.05) is 21.5 Å². The van der Waals surface area contributed by atoms with Crippen molar-refractivity contribution in [2.75, 3.05) is 13.2 Å². The number of allylic oxidation sites excluding steroid dienone is 1. The largest absolute Gasteiger partial charge is 0.396 e. The van der Waals surface area contributed by atoms with Crippen LogP contribution in [-0.4, -0.2) is 52.3 Å². The lowest BCUT2D eigenvalue weighted by Crippen LogP contribution is -2.40. The van der Waals surface area contributed by atoms with Crippen molar-refractivity contribution in [2.45, 2.75) is 113 Å². The summed E-state index contributed by atoms with van der Waals surface area (Å²) in [6, 6.07) is 20.8. The van der Waals surface area contributed by atoms with Crippen molar-refractivity contribution < 1.29 is 10.2 Å². The summed E-state index contributed by atoms with van der Waals surface area (Å²) in [4.78, 5) is -0.959. The highest BCUT2D eigenvalue weighted by Crippen LogP contribution is 2.63. The van der Waals surface area contributed by atoms with Crippen molar-refractivity contribution in [3.8, 4) is 0 Å². The predicted molar refractivity (Wildman–Crippen MR) is 227 cm³/mol. The van der Waals surface area contributed by atoms with Crippen LogP contribution in [0.15, 0.2) is 72.8 Å². The molecule has 0 heterocycles. The lowest BCUT2D eigenvalue weighted by Gasteiger charge is -2.44. The van der Waals surface area contributed by atoms with Crippen molar-refractivity contribution in [3.05, 3.63) is 83.9 Å². The molecule has 2 rings (SSSR count). The van der Waals surface area contributed by atoms with Crippen LogP contribution in [0.5, 0.6) is 0 Å². The molecule has 2 nitrogen and oxygen atoms in total. The van der Waals surface area contributed by atoms with Gasteiger partial charge in [0.25, 0.3) is 0 Å². The third kappa shape index (κ3) is 12.8. The van der Waals surface area contributed by atoms with Crippen LogP contribution in [0.25, 0.3) is 0 Å². The molecule has 0 aliphatic rings. The lowest BCUT2D eigenvalue weighted by molar-refractivity contribution is 0.253. The Kier molecular flexibility index (Phi) is 16.3. The number of aliphatic hydroxyl groups is 2. The van der Waals surface area contributed by atoms with Crippen LogP contribution < -0.4 is 0 Å². The first-order chi connectivity index (χ1) is 20.6. The number of aliphatic hydroxyl groups excluding tert-OH is 2. The predicted octanol–water partition coefficient (Wildman–Crippen LogP) is 11.5. The van der Waals surface area contributed by atoms with Crippen molar-refractivity contribution in [1.29, 1.82) is 0 Å². The molecule has 7 unspecified atom stereocenters. The van der Waals surface area contributed by atoms with E-state index in [1.165, 1.54) is 16.7 Å². The number of hydrogen-bond acceptors (Lipinski definition) is 2. The minimum Gasteiger partial charge on any atom is -0.396 e. The van der Waals surface area contributed by atoms with E-state index in [9.17, 15) is 10.2 Å². The number of rotatable bonds is 19. The van der Waals surface area contributed by atoms with Crippen LogP contribution in [0.2, 0.25) is 6.32 Å². The number of hydrogen-bond donors (Lipinski definition) is 2. The topological polar surface area (TPSA) is 40.5 Å². The number of benzene rings is 2. The maximum absolute atomic E-state index is 10.5. The summed E-state index contributed by atoms with van der Waals surface area (Å²) in [6.07, 6.45) is 4.32. The van der Waals surface area contributed by atoms with Crippen LogP contribution in [0.4, 0.5) is 0 Å². The van der Waals surface area contributed by atoms with Crippen molar-refractivity contribution in [3.63, 3.8) is 0 Å². The fraction of sp³-hybridized carbons (Fsp3) is 0.600. The van der Waals surface area contributed by atoms with Crippen LogP contribution in [-0.2, 0) is 10.5 Å². The average Bonchev–Trinajstić information content (AvgIpc) is 2.94. The first-order valence-electron chi connectivity index (χ1n) is 15.8. The zero-order valence-corrected chi connectivity index (χ0v) is 36.3. The zero-order chi connectivity index (χ0) is 34.3. The molecule has 0 radical (unpaired) electrons. The first kappa shape index (κ1) is 42.3. The van der Waals surface area contributed by atoms with Gasteiger partial charge in [0.2, 0.25) is 0 Å². The summed E-state index contributed by atoms with van der Waals surface area (Å²) in [5.41, 5.74) is 2.54. The van der Waals surface area contributed by atoms with E-state index in [0.717, 1.165) is 39.6 Å². The van der Waals surface area contributed by atoms with Crippen LogP contribution in [0.1, 0.15) is 92.2 Å². The quantitative estimate of drug-likeness (QED) is 0.0485. The Morgan fingerprint density at radius 2 is 1.24 bits per heavy atom. The average molecular weight is 915 g/mol. The van der Waals surface area contributed by atoms with E-state index in [0.29, 0.717) is 6.42 Å². The molecule has 0 spiro atoms. The molecule has 250 valence electrons. The van der Waals surface area contributed by atoms with Gasteiger partial charge in [-0.1, -0.05) is 155 Å². The monoisotopic (exact) mass is 914 g/mol. The van der Waals surface area contributed by atoms with Crippen molar-refractivity contribution in [2.24, 2.45) is 5.41 Å². The summed E-state index contributed by atoms with van der Waals surface area (Å²) in [7, 11) is 0. The molecule has 45 heavy (non-hydrogen) atoms. The molecule has 2 aromatic rings. The molecule has 0 aliphatic heterocycles. The van der Waals surface area contributed by atoms with E-state index >= 15 is 0 Å². The van der Waals surface area contributed by atoms with Gasteiger partial charge >= 0.3 is 0 Å². The highest BCUT2D eigenvalue weighted by Gasteiger charge is 2.45. The SMILES string of the molecule is C=C(C)CC(C)(CBP(I)C(C)(CO)c1ccccc1)CC(C)(Cl)CC(C)(Cl)CC(C)(C)P(I)BC(C)(CO)c1ccccc1. The van der Waals surface area contributed by atoms with Gasteiger partial charge in [-0.25, -0.2) is 0 Å². The molecule has 7 atom stereocenters. The van der Waals surface area contributed by atoms with E-state index in [1.807, 2.05) is 12.1 Å². The minimum atomic E-state index is -0.512. The Hall–Kier alpha value is 1.13. The summed E-state index contributed by atoms with van der Waals surface area (Å²) < 4.78 is 0. The molecule has 0 amide bonds. The highest BCUT2D eigenvalue weighted by molar-refractivity contribution is 14.2. The molecule has 0 bridgehead atoms. The normalized spacial score (nSPS) is 20.3. The van der Waals surface area contributed by atoms with E-state index in [2.05, 4.69) is 155 Å². The standard InChI is InChI=1S/C35H54B2Cl2I2O2P2/c1-27(2)20-31(5,24-36-45(41)35(9,26-43)29-18-14-11-15-19-29)22-33(7,39)23-32(6,38)21-30(3,4)44(40)37-34(8,25-42)28-16-12-10-13-17-28/h10-19,36-37,42-43H,1,20-26H2,2-9H3. The number of alkyl halides is 2. The maximum atomic E-state index is 10.5. The molecule has 0 saturated carbocycles. The van der Waals surface area contributed by atoms with Gasteiger partial charge in [0.1, 0.15) is 0 Å². The third-order valence-corrected chi connectivity index (χ3v) is 23.8. The fourth-order valence-corrected chi connectivity index (χ4v) is 16.9. The Balaban J connectivity index is 2.17. The van der Waals surface area contributed by atoms with Crippen molar-refractivity contribution >= 4 is 92.2 Å². The smallest absolute Gasteiger partial charge is 0.180 e. The van der Waals surface area contributed by atoms with Gasteiger partial charge in [-0.05, 0) is 80.4 Å². The molecule has 2 aromatic carbocycles. The van der Waals surface area contributed by atoms with E-state index in [4.69, 9.17) is 23.2 Å². The van der Waals surface area contributed by atoms with Crippen LogP contribution in [0.3, 0.4) is 0 Å². The second-order valence-corrected chi connectivity index (χ2v) is 28.6. The Bertz CT molecular complexity index is 1220. The van der Waals surface area contributed by atoms with Gasteiger partial charge < -0.3 is 10.2 Å². The fourth-order valence-electron chi connectivity index (χ4n) is 7.05. The van der Waals surface area contributed by atoms with E-state index in [-0.39, 0.29) is 34.3 Å². The third-order valence-electron chi connectivity index (χ3n) is 9.18. The van der Waals surface area contributed by atoms with Gasteiger partial charge in [-0.3, -0.25) is 0 Å². The van der Waals surface area contributed by atoms with Gasteiger partial charge in [0.05, 0.1) is 6.61 Å². The molecular weight excluding hydrogens is 861 g/mol. The Morgan fingerprint density at radius 3 is 1.71 bits per heavy atom. The molecule has 0 saturated heterocycles. The molecule has 2 N–H and O–H groups in total. The molecule has 0 aliphatic carbocycles. The van der Waals surface area contributed by atoms with Gasteiger partial charge in [-0.15, -0.1) is 29.8 Å². The summed E-state index contributed by atoms with van der Waals surface area (Å²) in [5, 5.41) is 20.4. The summed E-state index contributed by atoms with van der Waals surface area (Å²) >= 11 is 20.1. The molecule has 0 fully saturated rings.